The quantitative estimate of drug-likeness (QED) is 0.763. The van der Waals surface area contributed by atoms with E-state index in [2.05, 4.69) is 15.0 Å². The van der Waals surface area contributed by atoms with Crippen LogP contribution in [0.2, 0.25) is 0 Å². The minimum atomic E-state index is -0.630. The molecule has 0 unspecified atom stereocenters. The van der Waals surface area contributed by atoms with Crippen LogP contribution in [0.15, 0.2) is 28.3 Å². The van der Waals surface area contributed by atoms with Crippen LogP contribution in [0.3, 0.4) is 0 Å². The summed E-state index contributed by atoms with van der Waals surface area (Å²) < 4.78 is 13.3. The van der Waals surface area contributed by atoms with Gasteiger partial charge in [0.1, 0.15) is 11.9 Å². The molecule has 24 heavy (non-hydrogen) atoms. The van der Waals surface area contributed by atoms with Crippen LogP contribution in [0, 0.1) is 5.95 Å². The van der Waals surface area contributed by atoms with E-state index in [4.69, 9.17) is 0 Å². The molecule has 8 nitrogen and oxygen atoms in total. The van der Waals surface area contributed by atoms with Gasteiger partial charge in [0.25, 0.3) is 0 Å². The molecule has 1 saturated heterocycles. The number of fused-ring (bicyclic) bond motifs is 1. The standard InChI is InChI=1S/C15H17FN6O2/c1-4-20(2)14(23)22-10-8-18-12(9-5-6-17-11(16)7-9)19-13(10)21(3)15(22)24/h5-7,10H,4,8H2,1-3H3/t10-/m1/s1. The Labute approximate surface area is 138 Å². The first-order chi connectivity index (χ1) is 11.4. The molecular formula is C15H17FN6O2. The average Bonchev–Trinajstić information content (AvgIpc) is 2.84. The molecule has 3 heterocycles. The first kappa shape index (κ1) is 16.0. The van der Waals surface area contributed by atoms with Crippen LogP contribution in [0.4, 0.5) is 14.0 Å². The molecule has 1 fully saturated rings. The van der Waals surface area contributed by atoms with Crippen molar-refractivity contribution in [3.63, 3.8) is 0 Å². The highest BCUT2D eigenvalue weighted by Gasteiger charge is 2.47. The van der Waals surface area contributed by atoms with Crippen molar-refractivity contribution in [1.29, 1.82) is 0 Å². The highest BCUT2D eigenvalue weighted by atomic mass is 19.1. The number of imide groups is 1. The Morgan fingerprint density at radius 1 is 1.50 bits per heavy atom. The number of aliphatic imine (C=N–C) groups is 2. The van der Waals surface area contributed by atoms with Crippen LogP contribution in [-0.2, 0) is 0 Å². The summed E-state index contributed by atoms with van der Waals surface area (Å²) in [4.78, 5) is 41.0. The molecule has 1 aromatic rings. The first-order valence-corrected chi connectivity index (χ1v) is 7.51. The van der Waals surface area contributed by atoms with Crippen molar-refractivity contribution >= 4 is 23.7 Å². The Morgan fingerprint density at radius 3 is 2.92 bits per heavy atom. The highest BCUT2D eigenvalue weighted by molar-refractivity contribution is 6.19. The van der Waals surface area contributed by atoms with Gasteiger partial charge in [-0.3, -0.25) is 9.89 Å². The number of hydrogen-bond donors (Lipinski definition) is 0. The summed E-state index contributed by atoms with van der Waals surface area (Å²) in [5, 5.41) is 0. The van der Waals surface area contributed by atoms with E-state index in [9.17, 15) is 14.0 Å². The van der Waals surface area contributed by atoms with E-state index in [0.29, 0.717) is 23.8 Å². The molecule has 0 N–H and O–H groups in total. The van der Waals surface area contributed by atoms with Crippen LogP contribution < -0.4 is 0 Å². The molecule has 2 aliphatic heterocycles. The van der Waals surface area contributed by atoms with Crippen LogP contribution in [-0.4, -0.2) is 76.6 Å². The van der Waals surface area contributed by atoms with Gasteiger partial charge >= 0.3 is 12.1 Å². The summed E-state index contributed by atoms with van der Waals surface area (Å²) >= 11 is 0. The normalized spacial score (nSPS) is 19.8. The number of aromatic nitrogens is 1. The summed E-state index contributed by atoms with van der Waals surface area (Å²) in [6.45, 7) is 2.50. The van der Waals surface area contributed by atoms with Crippen LogP contribution >= 0.6 is 0 Å². The first-order valence-electron chi connectivity index (χ1n) is 7.51. The molecule has 126 valence electrons. The van der Waals surface area contributed by atoms with Gasteiger partial charge in [0, 0.05) is 38.5 Å². The molecular weight excluding hydrogens is 315 g/mol. The fraction of sp³-hybridized carbons (Fsp3) is 0.400. The molecule has 0 aliphatic carbocycles. The van der Waals surface area contributed by atoms with Crippen molar-refractivity contribution in [2.24, 2.45) is 9.98 Å². The van der Waals surface area contributed by atoms with Crippen LogP contribution in [0.5, 0.6) is 0 Å². The Balaban J connectivity index is 1.93. The lowest BCUT2D eigenvalue weighted by Gasteiger charge is -2.26. The largest absolute Gasteiger partial charge is 0.334 e. The number of hydrogen-bond acceptors (Lipinski definition) is 5. The lowest BCUT2D eigenvalue weighted by molar-refractivity contribution is 0.160. The third-order valence-corrected chi connectivity index (χ3v) is 4.07. The number of nitrogens with zero attached hydrogens (tertiary/aromatic N) is 6. The number of pyridine rings is 1. The number of carbonyl (C=O) groups excluding carboxylic acids is 2. The SMILES string of the molecule is CCN(C)C(=O)N1C(=O)N(C)C2=NC(c3ccnc(F)c3)=NC[C@H]21. The van der Waals surface area contributed by atoms with E-state index < -0.39 is 24.1 Å². The van der Waals surface area contributed by atoms with E-state index >= 15 is 0 Å². The molecule has 1 aromatic heterocycles. The number of rotatable bonds is 2. The number of amides is 4. The van der Waals surface area contributed by atoms with Gasteiger partial charge in [-0.05, 0) is 13.0 Å². The summed E-state index contributed by atoms with van der Waals surface area (Å²) in [5.74, 6) is 0.121. The van der Waals surface area contributed by atoms with Crippen molar-refractivity contribution in [3.8, 4) is 0 Å². The van der Waals surface area contributed by atoms with E-state index in [1.165, 1.54) is 22.1 Å². The highest BCUT2D eigenvalue weighted by Crippen LogP contribution is 2.23. The smallest absolute Gasteiger partial charge is 0.328 e. The maximum Gasteiger partial charge on any atom is 0.334 e. The third kappa shape index (κ3) is 2.51. The minimum absolute atomic E-state index is 0.192. The molecule has 0 aromatic carbocycles. The molecule has 0 bridgehead atoms. The zero-order chi connectivity index (χ0) is 17.4. The van der Waals surface area contributed by atoms with Crippen molar-refractivity contribution in [2.45, 2.75) is 13.0 Å². The number of urea groups is 2. The molecule has 3 rings (SSSR count). The van der Waals surface area contributed by atoms with Gasteiger partial charge in [-0.15, -0.1) is 0 Å². The van der Waals surface area contributed by atoms with Gasteiger partial charge in [-0.25, -0.2) is 24.5 Å². The second kappa shape index (κ2) is 5.99. The number of likely N-dealkylation sites (N-methyl/N-ethyl adjacent to an activating group) is 1. The monoisotopic (exact) mass is 332 g/mol. The predicted octanol–water partition coefficient (Wildman–Crippen LogP) is 1.19. The topological polar surface area (TPSA) is 81.5 Å². The molecule has 0 saturated carbocycles. The second-order valence-corrected chi connectivity index (χ2v) is 5.53. The van der Waals surface area contributed by atoms with E-state index in [1.54, 1.807) is 20.2 Å². The summed E-state index contributed by atoms with van der Waals surface area (Å²) in [5.41, 5.74) is 0.477. The summed E-state index contributed by atoms with van der Waals surface area (Å²) in [6, 6.07) is 1.45. The summed E-state index contributed by atoms with van der Waals surface area (Å²) in [7, 11) is 3.19. The zero-order valence-electron chi connectivity index (χ0n) is 13.6. The molecule has 2 aliphatic rings. The molecule has 9 heteroatoms. The van der Waals surface area contributed by atoms with Gasteiger partial charge in [0.2, 0.25) is 5.95 Å². The molecule has 4 amide bonds. The Hall–Kier alpha value is -2.84. The maximum atomic E-state index is 13.3. The van der Waals surface area contributed by atoms with Crippen molar-refractivity contribution in [3.05, 3.63) is 29.8 Å². The number of carbonyl (C=O) groups is 2. The molecule has 0 radical (unpaired) electrons. The van der Waals surface area contributed by atoms with Crippen molar-refractivity contribution in [1.82, 2.24) is 19.7 Å². The van der Waals surface area contributed by atoms with Crippen molar-refractivity contribution in [2.75, 3.05) is 27.2 Å². The second-order valence-electron chi connectivity index (χ2n) is 5.53. The predicted molar refractivity (Wildman–Crippen MR) is 85.5 cm³/mol. The number of amidine groups is 2. The lowest BCUT2D eigenvalue weighted by Crippen LogP contribution is -2.48. The maximum absolute atomic E-state index is 13.3. The molecule has 1 atom stereocenters. The van der Waals surface area contributed by atoms with Gasteiger partial charge in [-0.1, -0.05) is 0 Å². The number of halogens is 1. The van der Waals surface area contributed by atoms with E-state index in [1.807, 2.05) is 6.92 Å². The van der Waals surface area contributed by atoms with E-state index in [-0.39, 0.29) is 6.54 Å². The van der Waals surface area contributed by atoms with Gasteiger partial charge in [0.15, 0.2) is 5.84 Å². The zero-order valence-corrected chi connectivity index (χ0v) is 13.6. The average molecular weight is 332 g/mol. The van der Waals surface area contributed by atoms with Gasteiger partial charge < -0.3 is 4.90 Å². The fourth-order valence-corrected chi connectivity index (χ4v) is 2.59. The summed E-state index contributed by atoms with van der Waals surface area (Å²) in [6.07, 6.45) is 1.33. The van der Waals surface area contributed by atoms with Crippen LogP contribution in [0.1, 0.15) is 12.5 Å². The minimum Gasteiger partial charge on any atom is -0.328 e. The fourth-order valence-electron chi connectivity index (χ4n) is 2.59. The Morgan fingerprint density at radius 2 is 2.25 bits per heavy atom. The Kier molecular flexibility index (Phi) is 4.00. The van der Waals surface area contributed by atoms with Crippen LogP contribution in [0.25, 0.3) is 0 Å². The lowest BCUT2D eigenvalue weighted by atomic mass is 10.2. The Bertz CT molecular complexity index is 762. The van der Waals surface area contributed by atoms with Crippen molar-refractivity contribution < 1.29 is 14.0 Å². The van der Waals surface area contributed by atoms with Gasteiger partial charge in [-0.2, -0.15) is 4.39 Å². The van der Waals surface area contributed by atoms with Gasteiger partial charge in [0.05, 0.1) is 6.54 Å². The van der Waals surface area contributed by atoms with E-state index in [0.717, 1.165) is 4.90 Å². The third-order valence-electron chi connectivity index (χ3n) is 4.07. The molecule has 0 spiro atoms.